The summed E-state index contributed by atoms with van der Waals surface area (Å²) >= 11 is 15.0. The van der Waals surface area contributed by atoms with Gasteiger partial charge in [0.15, 0.2) is 10.3 Å². The number of rotatable bonds is 3. The second kappa shape index (κ2) is 6.39. The van der Waals surface area contributed by atoms with Gasteiger partial charge in [0.2, 0.25) is 0 Å². The van der Waals surface area contributed by atoms with Crippen LogP contribution in [0.2, 0.25) is 10.3 Å². The molecule has 2 aromatic rings. The average molecular weight is 377 g/mol. The SMILES string of the molecule is COc1ccc(Br)c(C(=O)Nc2c(Cl)ncnc2Cl)c1. The minimum atomic E-state index is -0.408. The molecular weight excluding hydrogens is 369 g/mol. The van der Waals surface area contributed by atoms with Crippen molar-refractivity contribution in [3.8, 4) is 5.75 Å². The van der Waals surface area contributed by atoms with Crippen molar-refractivity contribution in [3.63, 3.8) is 0 Å². The van der Waals surface area contributed by atoms with Gasteiger partial charge in [-0.25, -0.2) is 9.97 Å². The summed E-state index contributed by atoms with van der Waals surface area (Å²) in [7, 11) is 1.52. The lowest BCUT2D eigenvalue weighted by molar-refractivity contribution is 0.102. The molecule has 0 unspecified atom stereocenters. The van der Waals surface area contributed by atoms with Crippen molar-refractivity contribution in [3.05, 3.63) is 44.9 Å². The summed E-state index contributed by atoms with van der Waals surface area (Å²) in [5, 5.41) is 2.71. The van der Waals surface area contributed by atoms with E-state index in [2.05, 4.69) is 31.2 Å². The Kier molecular flexibility index (Phi) is 4.80. The average Bonchev–Trinajstić information content (AvgIpc) is 2.43. The molecule has 0 fully saturated rings. The molecule has 1 aromatic carbocycles. The van der Waals surface area contributed by atoms with Crippen LogP contribution in [0.3, 0.4) is 0 Å². The Morgan fingerprint density at radius 1 is 1.30 bits per heavy atom. The summed E-state index contributed by atoms with van der Waals surface area (Å²) in [6, 6.07) is 5.02. The van der Waals surface area contributed by atoms with E-state index in [-0.39, 0.29) is 16.0 Å². The topological polar surface area (TPSA) is 64.1 Å². The number of hydrogen-bond donors (Lipinski definition) is 1. The summed E-state index contributed by atoms with van der Waals surface area (Å²) in [6.45, 7) is 0. The number of halogens is 3. The quantitative estimate of drug-likeness (QED) is 0.827. The maximum Gasteiger partial charge on any atom is 0.257 e. The molecule has 1 N–H and O–H groups in total. The highest BCUT2D eigenvalue weighted by Crippen LogP contribution is 2.28. The van der Waals surface area contributed by atoms with Crippen LogP contribution in [0.25, 0.3) is 0 Å². The van der Waals surface area contributed by atoms with Gasteiger partial charge in [-0.2, -0.15) is 0 Å². The van der Waals surface area contributed by atoms with Gasteiger partial charge in [-0.05, 0) is 34.1 Å². The molecule has 0 atom stereocenters. The fourth-order valence-corrected chi connectivity index (χ4v) is 2.27. The Morgan fingerprint density at radius 3 is 2.55 bits per heavy atom. The van der Waals surface area contributed by atoms with E-state index in [4.69, 9.17) is 27.9 Å². The van der Waals surface area contributed by atoms with Crippen LogP contribution in [0, 0.1) is 0 Å². The molecule has 1 amide bonds. The summed E-state index contributed by atoms with van der Waals surface area (Å²) in [4.78, 5) is 19.8. The monoisotopic (exact) mass is 375 g/mol. The Balaban J connectivity index is 2.33. The van der Waals surface area contributed by atoms with Crippen LogP contribution < -0.4 is 10.1 Å². The number of benzene rings is 1. The lowest BCUT2D eigenvalue weighted by Crippen LogP contribution is -2.14. The van der Waals surface area contributed by atoms with Crippen LogP contribution in [0.4, 0.5) is 5.69 Å². The highest BCUT2D eigenvalue weighted by Gasteiger charge is 2.16. The number of nitrogens with zero attached hydrogens (tertiary/aromatic N) is 2. The number of ether oxygens (including phenoxy) is 1. The Morgan fingerprint density at radius 2 is 1.95 bits per heavy atom. The second-order valence-corrected chi connectivity index (χ2v) is 5.20. The zero-order chi connectivity index (χ0) is 14.7. The van der Waals surface area contributed by atoms with Crippen molar-refractivity contribution in [2.75, 3.05) is 12.4 Å². The first-order chi connectivity index (χ1) is 9.52. The third-order valence-electron chi connectivity index (χ3n) is 2.41. The predicted octanol–water partition coefficient (Wildman–Crippen LogP) is 3.81. The Labute approximate surface area is 133 Å². The molecule has 0 aliphatic heterocycles. The first-order valence-electron chi connectivity index (χ1n) is 5.34. The summed E-state index contributed by atoms with van der Waals surface area (Å²) in [5.74, 6) is 0.147. The van der Waals surface area contributed by atoms with Gasteiger partial charge in [-0.15, -0.1) is 0 Å². The molecule has 0 aliphatic rings. The molecule has 8 heteroatoms. The van der Waals surface area contributed by atoms with Gasteiger partial charge in [-0.3, -0.25) is 4.79 Å². The highest BCUT2D eigenvalue weighted by molar-refractivity contribution is 9.10. The molecule has 1 aromatic heterocycles. The van der Waals surface area contributed by atoms with Gasteiger partial charge >= 0.3 is 0 Å². The van der Waals surface area contributed by atoms with E-state index in [0.29, 0.717) is 15.8 Å². The van der Waals surface area contributed by atoms with E-state index in [9.17, 15) is 4.79 Å². The van der Waals surface area contributed by atoms with Gasteiger partial charge < -0.3 is 10.1 Å². The third kappa shape index (κ3) is 3.20. The zero-order valence-electron chi connectivity index (χ0n) is 10.2. The van der Waals surface area contributed by atoms with Crippen LogP contribution in [0.1, 0.15) is 10.4 Å². The van der Waals surface area contributed by atoms with E-state index in [1.807, 2.05) is 0 Å². The molecule has 5 nitrogen and oxygen atoms in total. The van der Waals surface area contributed by atoms with Crippen molar-refractivity contribution in [1.82, 2.24) is 9.97 Å². The lowest BCUT2D eigenvalue weighted by atomic mass is 10.2. The number of hydrogen-bond acceptors (Lipinski definition) is 4. The maximum atomic E-state index is 12.2. The zero-order valence-corrected chi connectivity index (χ0v) is 13.3. The van der Waals surface area contributed by atoms with E-state index in [1.165, 1.54) is 13.4 Å². The third-order valence-corrected chi connectivity index (χ3v) is 3.68. The summed E-state index contributed by atoms with van der Waals surface area (Å²) in [5.41, 5.74) is 0.538. The molecule has 0 aliphatic carbocycles. The molecule has 1 heterocycles. The molecular formula is C12H8BrCl2N3O2. The van der Waals surface area contributed by atoms with Crippen molar-refractivity contribution in [1.29, 1.82) is 0 Å². The fourth-order valence-electron chi connectivity index (χ4n) is 1.43. The van der Waals surface area contributed by atoms with Gasteiger partial charge in [0, 0.05) is 4.47 Å². The Hall–Kier alpha value is -1.37. The lowest BCUT2D eigenvalue weighted by Gasteiger charge is -2.10. The molecule has 2 rings (SSSR count). The van der Waals surface area contributed by atoms with Crippen LogP contribution in [0.5, 0.6) is 5.75 Å². The molecule has 104 valence electrons. The summed E-state index contributed by atoms with van der Waals surface area (Å²) in [6.07, 6.45) is 1.21. The van der Waals surface area contributed by atoms with Crippen LogP contribution in [-0.4, -0.2) is 23.0 Å². The van der Waals surface area contributed by atoms with Crippen molar-refractivity contribution in [2.45, 2.75) is 0 Å². The first kappa shape index (κ1) is 15.0. The van der Waals surface area contributed by atoms with Gasteiger partial charge in [0.1, 0.15) is 17.8 Å². The first-order valence-corrected chi connectivity index (χ1v) is 6.88. The van der Waals surface area contributed by atoms with E-state index in [0.717, 1.165) is 0 Å². The number of carbonyl (C=O) groups is 1. The Bertz CT molecular complexity index is 647. The van der Waals surface area contributed by atoms with Crippen LogP contribution >= 0.6 is 39.1 Å². The largest absolute Gasteiger partial charge is 0.497 e. The van der Waals surface area contributed by atoms with Crippen molar-refractivity contribution < 1.29 is 9.53 Å². The molecule has 0 bridgehead atoms. The standard InChI is InChI=1S/C12H8BrCl2N3O2/c1-20-6-2-3-8(13)7(4-6)12(19)18-9-10(14)16-5-17-11(9)15/h2-5H,1H3,(H,18,19). The summed E-state index contributed by atoms with van der Waals surface area (Å²) < 4.78 is 5.69. The minimum absolute atomic E-state index is 0.0670. The maximum absolute atomic E-state index is 12.2. The van der Waals surface area contributed by atoms with Gasteiger partial charge in [0.25, 0.3) is 5.91 Å². The molecule has 0 saturated carbocycles. The van der Waals surface area contributed by atoms with E-state index in [1.54, 1.807) is 18.2 Å². The number of anilines is 1. The molecule has 0 radical (unpaired) electrons. The number of amides is 1. The van der Waals surface area contributed by atoms with E-state index >= 15 is 0 Å². The number of methoxy groups -OCH3 is 1. The molecule has 20 heavy (non-hydrogen) atoms. The molecule has 0 spiro atoms. The smallest absolute Gasteiger partial charge is 0.257 e. The van der Waals surface area contributed by atoms with Crippen molar-refractivity contribution >= 4 is 50.7 Å². The van der Waals surface area contributed by atoms with Crippen molar-refractivity contribution in [2.24, 2.45) is 0 Å². The van der Waals surface area contributed by atoms with E-state index < -0.39 is 5.91 Å². The van der Waals surface area contributed by atoms with Gasteiger partial charge in [0.05, 0.1) is 12.7 Å². The second-order valence-electron chi connectivity index (χ2n) is 3.63. The van der Waals surface area contributed by atoms with Gasteiger partial charge in [-0.1, -0.05) is 23.2 Å². The fraction of sp³-hybridized carbons (Fsp3) is 0.0833. The number of nitrogens with one attached hydrogen (secondary N) is 1. The number of aromatic nitrogens is 2. The van der Waals surface area contributed by atoms with Crippen LogP contribution in [-0.2, 0) is 0 Å². The number of carbonyl (C=O) groups excluding carboxylic acids is 1. The minimum Gasteiger partial charge on any atom is -0.497 e. The molecule has 0 saturated heterocycles. The predicted molar refractivity (Wildman–Crippen MR) is 80.7 cm³/mol. The van der Waals surface area contributed by atoms with Crippen LogP contribution in [0.15, 0.2) is 29.0 Å². The highest BCUT2D eigenvalue weighted by atomic mass is 79.9. The normalized spacial score (nSPS) is 10.2.